The molecule has 4 rings (SSSR count). The van der Waals surface area contributed by atoms with Gasteiger partial charge in [0, 0.05) is 38.3 Å². The first kappa shape index (κ1) is 33.3. The Balaban J connectivity index is 1.79. The summed E-state index contributed by atoms with van der Waals surface area (Å²) in [5, 5.41) is 15.0. The number of fused-ring (bicyclic) bond motifs is 1. The van der Waals surface area contributed by atoms with Crippen molar-refractivity contribution in [3.8, 4) is 23.1 Å². The van der Waals surface area contributed by atoms with E-state index in [0.29, 0.717) is 39.7 Å². The van der Waals surface area contributed by atoms with Gasteiger partial charge in [-0.3, -0.25) is 14.5 Å². The standard InChI is InChI=1S/C34H38N8O4/c1-19(35)29-31(36-7)30(38-21(3)37-29)24-17-25(13-10-22-11-14-26-23(16-22)12-15-28(43)42(26)9)39-27(18-24)40-32(44)20(2)41(8)33(45)46-34(4,5)6/h11-12,14-18,20,35-36H,1-9H3,(H,39,40,44). The summed E-state index contributed by atoms with van der Waals surface area (Å²) in [6.07, 6.45) is -0.636. The fraction of sp³-hybridized carbons (Fsp3) is 0.324. The third-order valence-corrected chi connectivity index (χ3v) is 7.08. The highest BCUT2D eigenvalue weighted by molar-refractivity contribution is 6.02. The molecule has 0 saturated heterocycles. The van der Waals surface area contributed by atoms with E-state index < -0.39 is 23.6 Å². The van der Waals surface area contributed by atoms with Crippen LogP contribution in [0.25, 0.3) is 22.2 Å². The van der Waals surface area contributed by atoms with Crippen LogP contribution in [0.3, 0.4) is 0 Å². The first-order chi connectivity index (χ1) is 21.6. The monoisotopic (exact) mass is 622 g/mol. The van der Waals surface area contributed by atoms with Crippen LogP contribution >= 0.6 is 0 Å². The Labute approximate surface area is 267 Å². The van der Waals surface area contributed by atoms with Crippen LogP contribution in [0.4, 0.5) is 16.3 Å². The normalized spacial score (nSPS) is 11.7. The number of nitrogens with zero attached hydrogens (tertiary/aromatic N) is 5. The molecule has 238 valence electrons. The van der Waals surface area contributed by atoms with Gasteiger partial charge in [0.25, 0.3) is 5.56 Å². The number of ether oxygens (including phenoxy) is 1. The lowest BCUT2D eigenvalue weighted by Gasteiger charge is -2.28. The fourth-order valence-electron chi connectivity index (χ4n) is 4.58. The molecule has 12 heteroatoms. The highest BCUT2D eigenvalue weighted by Gasteiger charge is 2.27. The third-order valence-electron chi connectivity index (χ3n) is 7.08. The molecule has 2 amide bonds. The molecule has 0 fully saturated rings. The summed E-state index contributed by atoms with van der Waals surface area (Å²) in [5.74, 6) is 6.39. The maximum absolute atomic E-state index is 13.3. The molecule has 0 aliphatic rings. The van der Waals surface area contributed by atoms with Gasteiger partial charge in [0.1, 0.15) is 34.7 Å². The minimum atomic E-state index is -0.885. The van der Waals surface area contributed by atoms with E-state index in [1.165, 1.54) is 18.0 Å². The second-order valence-electron chi connectivity index (χ2n) is 11.9. The van der Waals surface area contributed by atoms with Gasteiger partial charge in [-0.1, -0.05) is 5.92 Å². The minimum absolute atomic E-state index is 0.101. The first-order valence-electron chi connectivity index (χ1n) is 14.6. The van der Waals surface area contributed by atoms with Crippen LogP contribution in [0.1, 0.15) is 57.4 Å². The van der Waals surface area contributed by atoms with Gasteiger partial charge in [-0.2, -0.15) is 0 Å². The summed E-state index contributed by atoms with van der Waals surface area (Å²) in [6, 6.07) is 11.3. The van der Waals surface area contributed by atoms with Crippen molar-refractivity contribution < 1.29 is 14.3 Å². The topological polar surface area (TPSA) is 155 Å². The van der Waals surface area contributed by atoms with Crippen LogP contribution < -0.4 is 16.2 Å². The molecule has 3 heterocycles. The maximum atomic E-state index is 13.3. The number of amides is 2. The zero-order chi connectivity index (χ0) is 33.9. The van der Waals surface area contributed by atoms with E-state index in [1.54, 1.807) is 78.4 Å². The summed E-state index contributed by atoms with van der Waals surface area (Å²) in [5.41, 5.74) is 3.32. The molecule has 0 radical (unpaired) electrons. The first-order valence-corrected chi connectivity index (χ1v) is 14.6. The van der Waals surface area contributed by atoms with Crippen molar-refractivity contribution in [1.82, 2.24) is 24.4 Å². The van der Waals surface area contributed by atoms with Crippen LogP contribution in [0.15, 0.2) is 47.3 Å². The van der Waals surface area contributed by atoms with Crippen molar-refractivity contribution in [2.75, 3.05) is 24.7 Å². The predicted octanol–water partition coefficient (Wildman–Crippen LogP) is 4.72. The molecule has 3 aromatic heterocycles. The molecule has 1 aromatic carbocycles. The average molecular weight is 623 g/mol. The second kappa shape index (κ2) is 13.2. The Morgan fingerprint density at radius 3 is 2.43 bits per heavy atom. The number of carbonyl (C=O) groups excluding carboxylic acids is 2. The van der Waals surface area contributed by atoms with E-state index in [1.807, 2.05) is 18.2 Å². The van der Waals surface area contributed by atoms with E-state index in [4.69, 9.17) is 10.1 Å². The number of aryl methyl sites for hydroxylation is 2. The molecule has 0 aliphatic carbocycles. The fourth-order valence-corrected chi connectivity index (χ4v) is 4.58. The molecule has 4 aromatic rings. The quantitative estimate of drug-likeness (QED) is 0.206. The number of nitrogens with one attached hydrogen (secondary N) is 3. The molecular weight excluding hydrogens is 584 g/mol. The zero-order valence-corrected chi connectivity index (χ0v) is 27.5. The van der Waals surface area contributed by atoms with Gasteiger partial charge in [0.15, 0.2) is 0 Å². The summed E-state index contributed by atoms with van der Waals surface area (Å²) in [4.78, 5) is 52.9. The molecule has 0 saturated carbocycles. The molecular formula is C34H38N8O4. The number of hydrogen-bond acceptors (Lipinski definition) is 9. The SMILES string of the molecule is CNc1c(C(C)=N)nc(C)nc1-c1cc(C#Cc2ccc3c(ccc(=O)n3C)c2)nc(NC(=O)C(C)N(C)C(=O)OC(C)(C)C)c1. The predicted molar refractivity (Wildman–Crippen MR) is 179 cm³/mol. The van der Waals surface area contributed by atoms with Crippen LogP contribution in [-0.2, 0) is 16.6 Å². The van der Waals surface area contributed by atoms with Gasteiger partial charge in [-0.25, -0.2) is 19.7 Å². The van der Waals surface area contributed by atoms with Crippen LogP contribution in [0, 0.1) is 24.2 Å². The van der Waals surface area contributed by atoms with E-state index in [9.17, 15) is 14.4 Å². The second-order valence-corrected chi connectivity index (χ2v) is 11.9. The average Bonchev–Trinajstić information content (AvgIpc) is 2.99. The number of pyridine rings is 2. The van der Waals surface area contributed by atoms with E-state index in [0.717, 1.165) is 10.9 Å². The molecule has 3 N–H and O–H groups in total. The molecule has 0 bridgehead atoms. The van der Waals surface area contributed by atoms with Gasteiger partial charge in [0.2, 0.25) is 5.91 Å². The number of hydrogen-bond donors (Lipinski definition) is 3. The number of carbonyl (C=O) groups is 2. The van der Waals surface area contributed by atoms with Gasteiger partial charge in [-0.15, -0.1) is 0 Å². The Morgan fingerprint density at radius 1 is 1.07 bits per heavy atom. The Kier molecular flexibility index (Phi) is 9.56. The summed E-state index contributed by atoms with van der Waals surface area (Å²) >= 11 is 0. The third kappa shape index (κ3) is 7.55. The molecule has 12 nitrogen and oxygen atoms in total. The van der Waals surface area contributed by atoms with Crippen molar-refractivity contribution in [3.63, 3.8) is 0 Å². The van der Waals surface area contributed by atoms with Gasteiger partial charge in [0.05, 0.1) is 22.6 Å². The maximum Gasteiger partial charge on any atom is 0.410 e. The highest BCUT2D eigenvalue weighted by atomic mass is 16.6. The van der Waals surface area contributed by atoms with Crippen molar-refractivity contribution in [3.05, 3.63) is 75.6 Å². The minimum Gasteiger partial charge on any atom is -0.444 e. The van der Waals surface area contributed by atoms with Crippen molar-refractivity contribution in [2.45, 2.75) is 53.2 Å². The van der Waals surface area contributed by atoms with E-state index in [2.05, 4.69) is 37.4 Å². The van der Waals surface area contributed by atoms with E-state index in [-0.39, 0.29) is 17.1 Å². The van der Waals surface area contributed by atoms with Gasteiger partial charge >= 0.3 is 6.09 Å². The van der Waals surface area contributed by atoms with Crippen LogP contribution in [-0.4, -0.2) is 67.9 Å². The molecule has 46 heavy (non-hydrogen) atoms. The lowest BCUT2D eigenvalue weighted by molar-refractivity contribution is -0.120. The van der Waals surface area contributed by atoms with E-state index >= 15 is 0 Å². The van der Waals surface area contributed by atoms with Gasteiger partial charge < -0.3 is 25.3 Å². The van der Waals surface area contributed by atoms with Crippen molar-refractivity contribution in [1.29, 1.82) is 5.41 Å². The largest absolute Gasteiger partial charge is 0.444 e. The number of likely N-dealkylation sites (N-methyl/N-ethyl adjacent to an activating group) is 1. The lowest BCUT2D eigenvalue weighted by atomic mass is 10.1. The summed E-state index contributed by atoms with van der Waals surface area (Å²) in [6.45, 7) is 10.2. The Bertz CT molecular complexity index is 1980. The number of anilines is 2. The smallest absolute Gasteiger partial charge is 0.410 e. The lowest BCUT2D eigenvalue weighted by Crippen LogP contribution is -2.45. The van der Waals surface area contributed by atoms with Crippen molar-refractivity contribution >= 4 is 40.1 Å². The number of benzene rings is 1. The molecule has 1 unspecified atom stereocenters. The summed E-state index contributed by atoms with van der Waals surface area (Å²) < 4.78 is 6.99. The number of aromatic nitrogens is 4. The molecule has 0 spiro atoms. The Hall–Kier alpha value is -5.57. The highest BCUT2D eigenvalue weighted by Crippen LogP contribution is 2.31. The van der Waals surface area contributed by atoms with Crippen molar-refractivity contribution in [2.24, 2.45) is 7.05 Å². The van der Waals surface area contributed by atoms with Crippen LogP contribution in [0.5, 0.6) is 0 Å². The van der Waals surface area contributed by atoms with Gasteiger partial charge in [-0.05, 0) is 89.2 Å². The van der Waals surface area contributed by atoms with Crippen LogP contribution in [0.2, 0.25) is 0 Å². The summed E-state index contributed by atoms with van der Waals surface area (Å²) in [7, 11) is 4.93. The number of rotatable bonds is 6. The Morgan fingerprint density at radius 2 is 1.78 bits per heavy atom. The molecule has 0 aliphatic heterocycles. The molecule has 1 atom stereocenters. The zero-order valence-electron chi connectivity index (χ0n) is 27.5.